The molecule has 1 unspecified atom stereocenters. The number of benzene rings is 2. The van der Waals surface area contributed by atoms with Gasteiger partial charge in [0.15, 0.2) is 0 Å². The first-order chi connectivity index (χ1) is 13.7. The summed E-state index contributed by atoms with van der Waals surface area (Å²) in [4.78, 5) is 13.1. The van der Waals surface area contributed by atoms with Crippen molar-refractivity contribution in [2.75, 3.05) is 0 Å². The number of phenols is 2. The van der Waals surface area contributed by atoms with Crippen LogP contribution in [0.3, 0.4) is 0 Å². The standard InChI is InChI=1S/C24H25NO4/c1-14(2)7-6-11-24(3)12-10-15-19(29-24)13-17-20(22(15)27)23(28)16-8-5-9-18(26)21(16)25(17)4/h5,7-10,12-13,26-27H,6,11H2,1-4H3. The molecule has 0 spiro atoms. The molecule has 5 heteroatoms. The number of fused-ring (bicyclic) bond motifs is 3. The molecule has 0 aliphatic carbocycles. The summed E-state index contributed by atoms with van der Waals surface area (Å²) in [5.41, 5.74) is 1.91. The van der Waals surface area contributed by atoms with Gasteiger partial charge < -0.3 is 19.5 Å². The predicted octanol–water partition coefficient (Wildman–Crippen LogP) is 5.01. The summed E-state index contributed by atoms with van der Waals surface area (Å²) in [6.07, 6.45) is 7.63. The van der Waals surface area contributed by atoms with Crippen LogP contribution in [0.1, 0.15) is 39.2 Å². The van der Waals surface area contributed by atoms with Gasteiger partial charge in [-0.1, -0.05) is 17.7 Å². The topological polar surface area (TPSA) is 71.7 Å². The van der Waals surface area contributed by atoms with Crippen LogP contribution in [0.15, 0.2) is 46.8 Å². The molecule has 0 saturated heterocycles. The third-order valence-corrected chi connectivity index (χ3v) is 5.60. The van der Waals surface area contributed by atoms with E-state index in [9.17, 15) is 15.0 Å². The molecule has 0 saturated carbocycles. The molecule has 2 heterocycles. The first kappa shape index (κ1) is 19.1. The number of phenolic OH excluding ortho intramolecular Hbond substituents is 2. The molecule has 2 N–H and O–H groups in total. The number of nitrogens with zero attached hydrogens (tertiary/aromatic N) is 1. The molecule has 1 atom stereocenters. The molecule has 0 fully saturated rings. The van der Waals surface area contributed by atoms with E-state index in [-0.39, 0.29) is 22.3 Å². The maximum absolute atomic E-state index is 13.1. The molecule has 5 nitrogen and oxygen atoms in total. The van der Waals surface area contributed by atoms with Crippen molar-refractivity contribution in [3.63, 3.8) is 0 Å². The molecule has 150 valence electrons. The number of pyridine rings is 1. The molecular weight excluding hydrogens is 366 g/mol. The van der Waals surface area contributed by atoms with Crippen LogP contribution in [0, 0.1) is 0 Å². The average molecular weight is 391 g/mol. The molecule has 1 aromatic heterocycles. The summed E-state index contributed by atoms with van der Waals surface area (Å²) < 4.78 is 8.00. The quantitative estimate of drug-likeness (QED) is 0.486. The van der Waals surface area contributed by atoms with E-state index in [1.54, 1.807) is 35.9 Å². The Morgan fingerprint density at radius 3 is 2.76 bits per heavy atom. The monoisotopic (exact) mass is 391 g/mol. The van der Waals surface area contributed by atoms with Crippen molar-refractivity contribution in [1.29, 1.82) is 0 Å². The molecule has 1 aliphatic rings. The minimum atomic E-state index is -0.503. The summed E-state index contributed by atoms with van der Waals surface area (Å²) in [5, 5.41) is 21.8. The normalized spacial score (nSPS) is 17.9. The Morgan fingerprint density at radius 1 is 1.28 bits per heavy atom. The van der Waals surface area contributed by atoms with Crippen LogP contribution in [-0.2, 0) is 7.05 Å². The lowest BCUT2D eigenvalue weighted by molar-refractivity contribution is 0.128. The second-order valence-electron chi connectivity index (χ2n) is 8.16. The lowest BCUT2D eigenvalue weighted by atomic mass is 9.93. The zero-order chi connectivity index (χ0) is 20.9. The second kappa shape index (κ2) is 6.69. The summed E-state index contributed by atoms with van der Waals surface area (Å²) in [6.45, 7) is 6.15. The van der Waals surface area contributed by atoms with Crippen molar-refractivity contribution in [3.8, 4) is 17.2 Å². The van der Waals surface area contributed by atoms with E-state index in [2.05, 4.69) is 19.9 Å². The van der Waals surface area contributed by atoms with Gasteiger partial charge in [0.25, 0.3) is 0 Å². The van der Waals surface area contributed by atoms with Crippen molar-refractivity contribution >= 4 is 27.9 Å². The molecule has 0 bridgehead atoms. The van der Waals surface area contributed by atoms with E-state index in [0.29, 0.717) is 27.7 Å². The van der Waals surface area contributed by atoms with Gasteiger partial charge in [0.1, 0.15) is 22.8 Å². The third kappa shape index (κ3) is 3.07. The van der Waals surface area contributed by atoms with Gasteiger partial charge in [-0.25, -0.2) is 0 Å². The highest BCUT2D eigenvalue weighted by Crippen LogP contribution is 2.42. The van der Waals surface area contributed by atoms with Gasteiger partial charge in [0.05, 0.1) is 27.4 Å². The first-order valence-corrected chi connectivity index (χ1v) is 9.74. The van der Waals surface area contributed by atoms with E-state index in [4.69, 9.17) is 4.74 Å². The molecule has 0 amide bonds. The number of hydrogen-bond donors (Lipinski definition) is 2. The van der Waals surface area contributed by atoms with E-state index >= 15 is 0 Å². The first-order valence-electron chi connectivity index (χ1n) is 9.74. The number of allylic oxidation sites excluding steroid dienone is 2. The van der Waals surface area contributed by atoms with Crippen molar-refractivity contribution in [2.45, 2.75) is 39.2 Å². The van der Waals surface area contributed by atoms with E-state index < -0.39 is 5.60 Å². The average Bonchev–Trinajstić information content (AvgIpc) is 2.65. The lowest BCUT2D eigenvalue weighted by Gasteiger charge is -2.32. The van der Waals surface area contributed by atoms with Crippen LogP contribution in [0.5, 0.6) is 17.2 Å². The lowest BCUT2D eigenvalue weighted by Crippen LogP contribution is -2.31. The minimum Gasteiger partial charge on any atom is -0.506 e. The summed E-state index contributed by atoms with van der Waals surface area (Å²) in [7, 11) is 1.77. The summed E-state index contributed by atoms with van der Waals surface area (Å²) in [6, 6.07) is 6.61. The molecule has 29 heavy (non-hydrogen) atoms. The van der Waals surface area contributed by atoms with Crippen LogP contribution >= 0.6 is 0 Å². The number of hydrogen-bond acceptors (Lipinski definition) is 4. The Labute approximate surface area is 169 Å². The number of aromatic nitrogens is 1. The maximum Gasteiger partial charge on any atom is 0.201 e. The van der Waals surface area contributed by atoms with Crippen LogP contribution in [-0.4, -0.2) is 20.4 Å². The van der Waals surface area contributed by atoms with Crippen molar-refractivity contribution < 1.29 is 14.9 Å². The van der Waals surface area contributed by atoms with Gasteiger partial charge in [-0.05, 0) is 57.9 Å². The van der Waals surface area contributed by atoms with Gasteiger partial charge in [-0.3, -0.25) is 4.79 Å². The molecule has 3 aromatic rings. The van der Waals surface area contributed by atoms with Gasteiger partial charge >= 0.3 is 0 Å². The highest BCUT2D eigenvalue weighted by atomic mass is 16.5. The van der Waals surface area contributed by atoms with Crippen LogP contribution in [0.2, 0.25) is 0 Å². The Kier molecular flexibility index (Phi) is 4.41. The fraction of sp³-hybridized carbons (Fsp3) is 0.292. The van der Waals surface area contributed by atoms with Crippen molar-refractivity contribution in [3.05, 3.63) is 57.8 Å². The van der Waals surface area contributed by atoms with Gasteiger partial charge in [-0.2, -0.15) is 0 Å². The van der Waals surface area contributed by atoms with Crippen LogP contribution in [0.4, 0.5) is 0 Å². The zero-order valence-corrected chi connectivity index (χ0v) is 17.1. The fourth-order valence-electron chi connectivity index (χ4n) is 4.03. The Balaban J connectivity index is 1.92. The second-order valence-corrected chi connectivity index (χ2v) is 8.16. The number of rotatable bonds is 3. The largest absolute Gasteiger partial charge is 0.506 e. The predicted molar refractivity (Wildman–Crippen MR) is 117 cm³/mol. The molecular formula is C24H25NO4. The highest BCUT2D eigenvalue weighted by molar-refractivity contribution is 6.01. The van der Waals surface area contributed by atoms with Gasteiger partial charge in [0.2, 0.25) is 5.43 Å². The van der Waals surface area contributed by atoms with Crippen molar-refractivity contribution in [1.82, 2.24) is 4.57 Å². The Hall–Kier alpha value is -3.21. The number of para-hydroxylation sites is 1. The van der Waals surface area contributed by atoms with E-state index in [1.165, 1.54) is 5.57 Å². The highest BCUT2D eigenvalue weighted by Gasteiger charge is 2.30. The fourth-order valence-corrected chi connectivity index (χ4v) is 4.03. The molecule has 4 rings (SSSR count). The third-order valence-electron chi connectivity index (χ3n) is 5.60. The van der Waals surface area contributed by atoms with E-state index in [0.717, 1.165) is 12.8 Å². The van der Waals surface area contributed by atoms with Gasteiger partial charge in [-0.15, -0.1) is 0 Å². The summed E-state index contributed by atoms with van der Waals surface area (Å²) >= 11 is 0. The number of ether oxygens (including phenoxy) is 1. The Morgan fingerprint density at radius 2 is 2.03 bits per heavy atom. The molecule has 2 aromatic carbocycles. The maximum atomic E-state index is 13.1. The SMILES string of the molecule is CC(C)=CCCC1(C)C=Cc2c(cc3c(c2O)c(=O)c2cccc(O)c2n3C)O1. The Bertz CT molecular complexity index is 1260. The minimum absolute atomic E-state index is 0.0218. The number of aryl methyl sites for hydroxylation is 1. The number of aromatic hydroxyl groups is 2. The van der Waals surface area contributed by atoms with Crippen molar-refractivity contribution in [2.24, 2.45) is 7.05 Å². The van der Waals surface area contributed by atoms with Gasteiger partial charge in [0, 0.05) is 13.1 Å². The molecule has 1 aliphatic heterocycles. The van der Waals surface area contributed by atoms with Crippen LogP contribution < -0.4 is 10.2 Å². The molecule has 0 radical (unpaired) electrons. The smallest absolute Gasteiger partial charge is 0.201 e. The van der Waals surface area contributed by atoms with Crippen LogP contribution in [0.25, 0.3) is 27.9 Å². The zero-order valence-electron chi connectivity index (χ0n) is 17.1. The summed E-state index contributed by atoms with van der Waals surface area (Å²) in [5.74, 6) is 0.460. The van der Waals surface area contributed by atoms with E-state index in [1.807, 2.05) is 19.1 Å².